The van der Waals surface area contributed by atoms with Gasteiger partial charge in [-0.05, 0) is 32.3 Å². The minimum Gasteiger partial charge on any atom is -0.351 e. The molecule has 0 saturated carbocycles. The van der Waals surface area contributed by atoms with Crippen LogP contribution in [-0.2, 0) is 13.6 Å². The van der Waals surface area contributed by atoms with Crippen LogP contribution in [0.4, 0.5) is 5.82 Å². The first-order valence-electron chi connectivity index (χ1n) is 8.15. The molecule has 1 atom stereocenters. The Morgan fingerprint density at radius 3 is 3.00 bits per heavy atom. The second-order valence-corrected chi connectivity index (χ2v) is 6.15. The molecular formula is C16H24N6O. The van der Waals surface area contributed by atoms with Crippen LogP contribution in [0.3, 0.4) is 0 Å². The molecule has 0 aliphatic carbocycles. The number of aromatic amines is 1. The number of aromatic nitrogens is 4. The molecule has 23 heavy (non-hydrogen) atoms. The van der Waals surface area contributed by atoms with Crippen molar-refractivity contribution in [3.05, 3.63) is 39.9 Å². The monoisotopic (exact) mass is 316 g/mol. The Balaban J connectivity index is 1.65. The molecule has 3 heterocycles. The van der Waals surface area contributed by atoms with Gasteiger partial charge in [-0.1, -0.05) is 0 Å². The Kier molecular flexibility index (Phi) is 4.76. The van der Waals surface area contributed by atoms with Crippen molar-refractivity contribution in [1.82, 2.24) is 25.3 Å². The Labute approximate surface area is 135 Å². The van der Waals surface area contributed by atoms with E-state index < -0.39 is 0 Å². The molecule has 0 radical (unpaired) electrons. The van der Waals surface area contributed by atoms with E-state index in [0.29, 0.717) is 6.04 Å². The fourth-order valence-electron chi connectivity index (χ4n) is 3.08. The molecule has 124 valence electrons. The lowest BCUT2D eigenvalue weighted by atomic mass is 10.0. The molecule has 1 unspecified atom stereocenters. The minimum absolute atomic E-state index is 0.0733. The summed E-state index contributed by atoms with van der Waals surface area (Å²) in [4.78, 5) is 13.8. The summed E-state index contributed by atoms with van der Waals surface area (Å²) in [6, 6.07) is 3.83. The molecule has 2 aromatic rings. The van der Waals surface area contributed by atoms with Crippen LogP contribution in [0, 0.1) is 6.92 Å². The molecule has 0 amide bonds. The van der Waals surface area contributed by atoms with Gasteiger partial charge < -0.3 is 10.2 Å². The Bertz CT molecular complexity index is 707. The van der Waals surface area contributed by atoms with Gasteiger partial charge in [0.25, 0.3) is 5.56 Å². The van der Waals surface area contributed by atoms with Crippen molar-refractivity contribution < 1.29 is 0 Å². The van der Waals surface area contributed by atoms with Gasteiger partial charge in [0.05, 0.1) is 6.20 Å². The first kappa shape index (κ1) is 15.7. The number of aryl methyl sites for hydroxylation is 2. The van der Waals surface area contributed by atoms with E-state index in [1.165, 1.54) is 23.1 Å². The highest BCUT2D eigenvalue weighted by Gasteiger charge is 2.23. The Morgan fingerprint density at radius 1 is 1.39 bits per heavy atom. The third-order valence-electron chi connectivity index (χ3n) is 4.50. The molecule has 1 fully saturated rings. The van der Waals surface area contributed by atoms with Gasteiger partial charge in [0, 0.05) is 50.0 Å². The summed E-state index contributed by atoms with van der Waals surface area (Å²) >= 11 is 0. The second kappa shape index (κ2) is 6.95. The third kappa shape index (κ3) is 3.61. The van der Waals surface area contributed by atoms with Crippen molar-refractivity contribution in [2.24, 2.45) is 7.05 Å². The number of piperidine rings is 1. The summed E-state index contributed by atoms with van der Waals surface area (Å²) in [5, 5.41) is 14.9. The van der Waals surface area contributed by atoms with Crippen molar-refractivity contribution in [3.8, 4) is 0 Å². The van der Waals surface area contributed by atoms with Crippen LogP contribution in [0.25, 0.3) is 0 Å². The van der Waals surface area contributed by atoms with E-state index in [1.807, 2.05) is 19.2 Å². The number of nitrogens with zero attached hydrogens (tertiary/aromatic N) is 4. The number of anilines is 1. The van der Waals surface area contributed by atoms with Crippen molar-refractivity contribution in [1.29, 1.82) is 0 Å². The van der Waals surface area contributed by atoms with Crippen LogP contribution < -0.4 is 15.8 Å². The van der Waals surface area contributed by atoms with Gasteiger partial charge in [-0.25, -0.2) is 4.68 Å². The van der Waals surface area contributed by atoms with Gasteiger partial charge in [-0.15, -0.1) is 0 Å². The van der Waals surface area contributed by atoms with E-state index in [0.717, 1.165) is 37.6 Å². The van der Waals surface area contributed by atoms with Crippen molar-refractivity contribution in [2.45, 2.75) is 38.8 Å². The van der Waals surface area contributed by atoms with Crippen LogP contribution in [0.5, 0.6) is 0 Å². The Hall–Kier alpha value is -2.15. The fourth-order valence-corrected chi connectivity index (χ4v) is 3.08. The number of nitrogens with one attached hydrogen (secondary N) is 2. The van der Waals surface area contributed by atoms with Gasteiger partial charge in [0.1, 0.15) is 5.82 Å². The molecule has 1 aliphatic heterocycles. The van der Waals surface area contributed by atoms with Gasteiger partial charge in [-0.2, -0.15) is 10.2 Å². The number of hydrogen-bond donors (Lipinski definition) is 2. The summed E-state index contributed by atoms with van der Waals surface area (Å²) in [5.74, 6) is 0.887. The Morgan fingerprint density at radius 2 is 2.26 bits per heavy atom. The zero-order valence-corrected chi connectivity index (χ0v) is 13.7. The SMILES string of the molecule is Cc1[nH]ncc1CNCC1CCCCN1c1ccc(=O)n(C)n1. The maximum atomic E-state index is 11.5. The predicted octanol–water partition coefficient (Wildman–Crippen LogP) is 0.961. The zero-order valence-electron chi connectivity index (χ0n) is 13.7. The van der Waals surface area contributed by atoms with E-state index in [-0.39, 0.29) is 5.56 Å². The highest BCUT2D eigenvalue weighted by Crippen LogP contribution is 2.22. The predicted molar refractivity (Wildman–Crippen MR) is 89.5 cm³/mol. The molecule has 2 aromatic heterocycles. The summed E-state index contributed by atoms with van der Waals surface area (Å²) in [5.41, 5.74) is 2.24. The maximum Gasteiger partial charge on any atom is 0.266 e. The highest BCUT2D eigenvalue weighted by molar-refractivity contribution is 5.38. The van der Waals surface area contributed by atoms with Gasteiger partial charge >= 0.3 is 0 Å². The molecule has 7 nitrogen and oxygen atoms in total. The molecule has 7 heteroatoms. The maximum absolute atomic E-state index is 11.5. The van der Waals surface area contributed by atoms with Crippen LogP contribution in [0.2, 0.25) is 0 Å². The van der Waals surface area contributed by atoms with Gasteiger partial charge in [0.2, 0.25) is 0 Å². The quantitative estimate of drug-likeness (QED) is 0.859. The summed E-state index contributed by atoms with van der Waals surface area (Å²) < 4.78 is 1.41. The fraction of sp³-hybridized carbons (Fsp3) is 0.562. The third-order valence-corrected chi connectivity index (χ3v) is 4.50. The second-order valence-electron chi connectivity index (χ2n) is 6.15. The standard InChI is InChI=1S/C16H24N6O/c1-12-13(10-18-19-12)9-17-11-14-5-3-4-8-22(14)15-6-7-16(23)21(2)20-15/h6-7,10,14,17H,3-5,8-9,11H2,1-2H3,(H,18,19). The average molecular weight is 316 g/mol. The topological polar surface area (TPSA) is 78.8 Å². The van der Waals surface area contributed by atoms with E-state index in [9.17, 15) is 4.79 Å². The molecule has 0 bridgehead atoms. The van der Waals surface area contributed by atoms with E-state index in [1.54, 1.807) is 13.1 Å². The molecular weight excluding hydrogens is 292 g/mol. The van der Waals surface area contributed by atoms with Crippen molar-refractivity contribution in [3.63, 3.8) is 0 Å². The van der Waals surface area contributed by atoms with Crippen LogP contribution in [-0.4, -0.2) is 39.1 Å². The summed E-state index contributed by atoms with van der Waals surface area (Å²) in [6.45, 7) is 4.73. The van der Waals surface area contributed by atoms with E-state index in [2.05, 4.69) is 25.5 Å². The molecule has 2 N–H and O–H groups in total. The smallest absolute Gasteiger partial charge is 0.266 e. The van der Waals surface area contributed by atoms with E-state index in [4.69, 9.17) is 0 Å². The molecule has 1 saturated heterocycles. The van der Waals surface area contributed by atoms with Gasteiger partial charge in [0.15, 0.2) is 0 Å². The molecule has 1 aliphatic rings. The number of H-pyrrole nitrogens is 1. The lowest BCUT2D eigenvalue weighted by molar-refractivity contribution is 0.429. The zero-order chi connectivity index (χ0) is 16.2. The van der Waals surface area contributed by atoms with Crippen LogP contribution >= 0.6 is 0 Å². The number of hydrogen-bond acceptors (Lipinski definition) is 5. The van der Waals surface area contributed by atoms with Crippen molar-refractivity contribution >= 4 is 5.82 Å². The van der Waals surface area contributed by atoms with Crippen molar-refractivity contribution in [2.75, 3.05) is 18.0 Å². The first-order valence-corrected chi connectivity index (χ1v) is 8.15. The first-order chi connectivity index (χ1) is 11.1. The highest BCUT2D eigenvalue weighted by atomic mass is 16.1. The number of rotatable bonds is 5. The molecule has 0 aromatic carbocycles. The van der Waals surface area contributed by atoms with Gasteiger partial charge in [-0.3, -0.25) is 9.89 Å². The minimum atomic E-state index is -0.0733. The average Bonchev–Trinajstić information content (AvgIpc) is 2.96. The lowest BCUT2D eigenvalue weighted by Crippen LogP contribution is -2.46. The summed E-state index contributed by atoms with van der Waals surface area (Å²) in [6.07, 6.45) is 5.42. The molecule has 3 rings (SSSR count). The largest absolute Gasteiger partial charge is 0.351 e. The molecule has 0 spiro atoms. The lowest BCUT2D eigenvalue weighted by Gasteiger charge is -2.36. The van der Waals surface area contributed by atoms with Crippen LogP contribution in [0.15, 0.2) is 23.1 Å². The van der Waals surface area contributed by atoms with E-state index >= 15 is 0 Å². The van der Waals surface area contributed by atoms with Crippen LogP contribution in [0.1, 0.15) is 30.5 Å². The normalized spacial score (nSPS) is 18.3. The summed E-state index contributed by atoms with van der Waals surface area (Å²) in [7, 11) is 1.70.